The Hall–Kier alpha value is -0.820. The quantitative estimate of drug-likeness (QED) is 0.642. The van der Waals surface area contributed by atoms with Crippen LogP contribution >= 0.6 is 0 Å². The molecule has 0 aliphatic heterocycles. The van der Waals surface area contributed by atoms with Gasteiger partial charge in [0.05, 0.1) is 0 Å². The smallest absolute Gasteiger partial charge is 0.0322 e. The third-order valence-corrected chi connectivity index (χ3v) is 3.94. The number of aryl methyl sites for hydroxylation is 1. The van der Waals surface area contributed by atoms with Crippen LogP contribution < -0.4 is 5.32 Å². The van der Waals surface area contributed by atoms with Crippen LogP contribution in [0, 0.1) is 11.3 Å². The molecule has 0 aromatic heterocycles. The first-order chi connectivity index (χ1) is 9.85. The molecule has 2 atom stereocenters. The van der Waals surface area contributed by atoms with Gasteiger partial charge in [0.15, 0.2) is 0 Å². The van der Waals surface area contributed by atoms with E-state index in [4.69, 9.17) is 0 Å². The molecule has 1 rings (SSSR count). The molecule has 1 nitrogen and oxygen atoms in total. The van der Waals surface area contributed by atoms with E-state index >= 15 is 0 Å². The molecule has 1 N–H and O–H groups in total. The van der Waals surface area contributed by atoms with Crippen molar-refractivity contribution in [2.75, 3.05) is 6.54 Å². The number of nitrogens with one attached hydrogen (secondary N) is 1. The molecular formula is C20H35N. The number of hydrogen-bond donors (Lipinski definition) is 1. The zero-order valence-electron chi connectivity index (χ0n) is 15.0. The van der Waals surface area contributed by atoms with E-state index in [-0.39, 0.29) is 0 Å². The van der Waals surface area contributed by atoms with Crippen LogP contribution in [0.25, 0.3) is 0 Å². The monoisotopic (exact) mass is 289 g/mol. The van der Waals surface area contributed by atoms with Gasteiger partial charge in [0, 0.05) is 6.04 Å². The fourth-order valence-corrected chi connectivity index (χ4v) is 3.37. The van der Waals surface area contributed by atoms with Crippen molar-refractivity contribution in [2.45, 2.75) is 73.3 Å². The topological polar surface area (TPSA) is 12.0 Å². The maximum atomic E-state index is 3.68. The molecule has 0 bridgehead atoms. The van der Waals surface area contributed by atoms with Gasteiger partial charge in [0.2, 0.25) is 0 Å². The second-order valence-electron chi connectivity index (χ2n) is 7.71. The van der Waals surface area contributed by atoms with Crippen LogP contribution in [0.1, 0.15) is 78.0 Å². The van der Waals surface area contributed by atoms with Gasteiger partial charge in [-0.15, -0.1) is 0 Å². The van der Waals surface area contributed by atoms with Crippen molar-refractivity contribution < 1.29 is 0 Å². The van der Waals surface area contributed by atoms with Crippen molar-refractivity contribution in [3.63, 3.8) is 0 Å². The minimum Gasteiger partial charge on any atom is -0.310 e. The second-order valence-corrected chi connectivity index (χ2v) is 7.71. The second kappa shape index (κ2) is 8.58. The summed E-state index contributed by atoms with van der Waals surface area (Å²) in [7, 11) is 0. The molecule has 21 heavy (non-hydrogen) atoms. The van der Waals surface area contributed by atoms with E-state index in [0.717, 1.165) is 12.5 Å². The van der Waals surface area contributed by atoms with Crippen LogP contribution in [0.4, 0.5) is 0 Å². The number of hydrogen-bond acceptors (Lipinski definition) is 1. The standard InChI is InChI=1S/C20H35N/c1-7-10-17-11-9-12-18(14-17)19(21-8-2)13-16(3)15-20(4,5)6/h9,11-12,14,16,19,21H,7-8,10,13,15H2,1-6H3. The Morgan fingerprint density at radius 2 is 1.86 bits per heavy atom. The van der Waals surface area contributed by atoms with E-state index in [1.165, 1.54) is 36.8 Å². The van der Waals surface area contributed by atoms with Gasteiger partial charge < -0.3 is 5.32 Å². The largest absolute Gasteiger partial charge is 0.310 e. The van der Waals surface area contributed by atoms with Gasteiger partial charge in [-0.25, -0.2) is 0 Å². The van der Waals surface area contributed by atoms with Crippen molar-refractivity contribution in [3.05, 3.63) is 35.4 Å². The van der Waals surface area contributed by atoms with Crippen LogP contribution in [0.3, 0.4) is 0 Å². The van der Waals surface area contributed by atoms with Gasteiger partial charge >= 0.3 is 0 Å². The molecule has 1 aromatic rings. The lowest BCUT2D eigenvalue weighted by molar-refractivity contribution is 0.276. The Bertz CT molecular complexity index is 403. The van der Waals surface area contributed by atoms with Gasteiger partial charge in [-0.1, -0.05) is 72.2 Å². The lowest BCUT2D eigenvalue weighted by Gasteiger charge is -2.27. The molecule has 0 amide bonds. The summed E-state index contributed by atoms with van der Waals surface area (Å²) in [5.41, 5.74) is 3.35. The Morgan fingerprint density at radius 1 is 1.14 bits per heavy atom. The fraction of sp³-hybridized carbons (Fsp3) is 0.700. The average molecular weight is 290 g/mol. The van der Waals surface area contributed by atoms with Crippen LogP contribution in [0.2, 0.25) is 0 Å². The number of benzene rings is 1. The van der Waals surface area contributed by atoms with Gasteiger partial charge in [0.1, 0.15) is 0 Å². The van der Waals surface area contributed by atoms with Crippen molar-refractivity contribution >= 4 is 0 Å². The van der Waals surface area contributed by atoms with Gasteiger partial charge in [-0.2, -0.15) is 0 Å². The van der Waals surface area contributed by atoms with Crippen molar-refractivity contribution in [2.24, 2.45) is 11.3 Å². The predicted molar refractivity (Wildman–Crippen MR) is 94.7 cm³/mol. The van der Waals surface area contributed by atoms with Crippen LogP contribution in [-0.2, 0) is 6.42 Å². The van der Waals surface area contributed by atoms with E-state index in [9.17, 15) is 0 Å². The Labute approximate surface area is 132 Å². The van der Waals surface area contributed by atoms with Crippen molar-refractivity contribution in [1.29, 1.82) is 0 Å². The zero-order valence-corrected chi connectivity index (χ0v) is 15.0. The minimum absolute atomic E-state index is 0.417. The van der Waals surface area contributed by atoms with E-state index in [1.54, 1.807) is 0 Å². The molecule has 0 radical (unpaired) electrons. The van der Waals surface area contributed by atoms with Gasteiger partial charge in [-0.3, -0.25) is 0 Å². The summed E-state index contributed by atoms with van der Waals surface area (Å²) in [6.07, 6.45) is 4.91. The maximum absolute atomic E-state index is 3.68. The lowest BCUT2D eigenvalue weighted by atomic mass is 9.82. The van der Waals surface area contributed by atoms with Crippen LogP contribution in [0.15, 0.2) is 24.3 Å². The highest BCUT2D eigenvalue weighted by Gasteiger charge is 2.20. The van der Waals surface area contributed by atoms with Crippen LogP contribution in [-0.4, -0.2) is 6.54 Å². The van der Waals surface area contributed by atoms with Crippen LogP contribution in [0.5, 0.6) is 0 Å². The number of rotatable bonds is 8. The highest BCUT2D eigenvalue weighted by atomic mass is 14.9. The summed E-state index contributed by atoms with van der Waals surface area (Å²) in [6, 6.07) is 9.66. The summed E-state index contributed by atoms with van der Waals surface area (Å²) >= 11 is 0. The molecule has 2 unspecified atom stereocenters. The minimum atomic E-state index is 0.417. The van der Waals surface area contributed by atoms with Crippen molar-refractivity contribution in [3.8, 4) is 0 Å². The third kappa shape index (κ3) is 7.13. The molecule has 0 saturated carbocycles. The Morgan fingerprint density at radius 3 is 2.43 bits per heavy atom. The lowest BCUT2D eigenvalue weighted by Crippen LogP contribution is -2.24. The highest BCUT2D eigenvalue weighted by Crippen LogP contribution is 2.30. The molecule has 120 valence electrons. The summed E-state index contributed by atoms with van der Waals surface area (Å²) in [4.78, 5) is 0. The summed E-state index contributed by atoms with van der Waals surface area (Å²) in [5, 5.41) is 3.68. The van der Waals surface area contributed by atoms with Gasteiger partial charge in [0.25, 0.3) is 0 Å². The molecule has 0 fully saturated rings. The van der Waals surface area contributed by atoms with E-state index in [2.05, 4.69) is 71.1 Å². The van der Waals surface area contributed by atoms with E-state index in [0.29, 0.717) is 11.5 Å². The first kappa shape index (κ1) is 18.2. The zero-order chi connectivity index (χ0) is 15.9. The Kier molecular flexibility index (Phi) is 7.45. The molecule has 0 spiro atoms. The molecular weight excluding hydrogens is 254 g/mol. The summed E-state index contributed by atoms with van der Waals surface area (Å²) in [5.74, 6) is 0.740. The average Bonchev–Trinajstić information content (AvgIpc) is 2.37. The molecule has 0 aliphatic rings. The molecule has 1 aromatic carbocycles. The first-order valence-electron chi connectivity index (χ1n) is 8.68. The molecule has 1 heteroatoms. The summed E-state index contributed by atoms with van der Waals surface area (Å²) in [6.45, 7) is 14.9. The first-order valence-corrected chi connectivity index (χ1v) is 8.68. The fourth-order valence-electron chi connectivity index (χ4n) is 3.37. The molecule has 0 aliphatic carbocycles. The normalized spacial score (nSPS) is 15.0. The molecule has 0 saturated heterocycles. The SMILES string of the molecule is CCCc1cccc(C(CC(C)CC(C)(C)C)NCC)c1. The van der Waals surface area contributed by atoms with E-state index < -0.39 is 0 Å². The van der Waals surface area contributed by atoms with Crippen molar-refractivity contribution in [1.82, 2.24) is 5.32 Å². The van der Waals surface area contributed by atoms with Gasteiger partial charge in [-0.05, 0) is 48.3 Å². The summed E-state index contributed by atoms with van der Waals surface area (Å²) < 4.78 is 0. The van der Waals surface area contributed by atoms with E-state index in [1.807, 2.05) is 0 Å². The maximum Gasteiger partial charge on any atom is 0.0322 e. The third-order valence-electron chi connectivity index (χ3n) is 3.94. The highest BCUT2D eigenvalue weighted by molar-refractivity contribution is 5.26. The Balaban J connectivity index is 2.78. The predicted octanol–water partition coefficient (Wildman–Crippen LogP) is 5.75. The molecule has 0 heterocycles.